The monoisotopic (exact) mass is 236 g/mol. The summed E-state index contributed by atoms with van der Waals surface area (Å²) >= 11 is 5.38. The van der Waals surface area contributed by atoms with Gasteiger partial charge in [0.25, 0.3) is 0 Å². The third-order valence-electron chi connectivity index (χ3n) is 2.96. The third kappa shape index (κ3) is 3.37. The molecule has 2 unspecified atom stereocenters. The second-order valence-electron chi connectivity index (χ2n) is 3.94. The van der Waals surface area contributed by atoms with Gasteiger partial charge in [-0.15, -0.1) is 12.4 Å². The molecule has 0 aromatic carbocycles. The summed E-state index contributed by atoms with van der Waals surface area (Å²) in [4.78, 5) is 3.25. The summed E-state index contributed by atoms with van der Waals surface area (Å²) in [5.74, 6) is 0.507. The smallest absolute Gasteiger partial charge is 0.0952 e. The van der Waals surface area contributed by atoms with E-state index in [0.717, 1.165) is 24.5 Å². The minimum Gasteiger partial charge on any atom is -0.365 e. The van der Waals surface area contributed by atoms with Crippen LogP contribution in [-0.2, 0) is 0 Å². The molecule has 0 amide bonds. The van der Waals surface area contributed by atoms with Gasteiger partial charge in [-0.1, -0.05) is 32.5 Å². The number of nitrogens with zero attached hydrogens (tertiary/aromatic N) is 1. The molecule has 1 aliphatic heterocycles. The molecule has 0 saturated carbocycles. The molecule has 0 spiro atoms. The van der Waals surface area contributed by atoms with Gasteiger partial charge in [0.05, 0.1) is 11.0 Å². The van der Waals surface area contributed by atoms with Crippen molar-refractivity contribution in [3.8, 4) is 0 Å². The Morgan fingerprint density at radius 3 is 2.36 bits per heavy atom. The normalized spacial score (nSPS) is 20.1. The predicted molar refractivity (Wildman–Crippen MR) is 68.1 cm³/mol. The maximum atomic E-state index is 6.07. The van der Waals surface area contributed by atoms with Crippen LogP contribution in [0.25, 0.3) is 0 Å². The Hall–Kier alpha value is 0.140. The van der Waals surface area contributed by atoms with Gasteiger partial charge in [-0.2, -0.15) is 0 Å². The van der Waals surface area contributed by atoms with Gasteiger partial charge in [-0.05, 0) is 18.8 Å². The lowest BCUT2D eigenvalue weighted by Gasteiger charge is -2.26. The Morgan fingerprint density at radius 1 is 1.43 bits per heavy atom. The van der Waals surface area contributed by atoms with Crippen molar-refractivity contribution in [1.29, 1.82) is 0 Å². The summed E-state index contributed by atoms with van der Waals surface area (Å²) in [5, 5.41) is 0. The average molecular weight is 237 g/mol. The van der Waals surface area contributed by atoms with Crippen LogP contribution in [0.2, 0.25) is 0 Å². The Kier molecular flexibility index (Phi) is 6.66. The first-order valence-electron chi connectivity index (χ1n) is 5.21. The van der Waals surface area contributed by atoms with Gasteiger partial charge in [-0.3, -0.25) is 0 Å². The maximum Gasteiger partial charge on any atom is 0.0952 e. The lowest BCUT2D eigenvalue weighted by atomic mass is 10.00. The molecule has 1 aliphatic rings. The molecule has 0 bridgehead atoms. The van der Waals surface area contributed by atoms with E-state index in [-0.39, 0.29) is 18.4 Å². The fourth-order valence-electron chi connectivity index (χ4n) is 1.65. The molecular formula is C10H21ClN2S. The number of rotatable bonds is 3. The van der Waals surface area contributed by atoms with Gasteiger partial charge in [0.2, 0.25) is 0 Å². The van der Waals surface area contributed by atoms with Crippen LogP contribution in [0.1, 0.15) is 33.1 Å². The number of hydrogen-bond donors (Lipinski definition) is 1. The minimum absolute atomic E-state index is 0. The highest BCUT2D eigenvalue weighted by Gasteiger charge is 2.22. The number of likely N-dealkylation sites (tertiary alicyclic amines) is 1. The van der Waals surface area contributed by atoms with Crippen LogP contribution in [0, 0.1) is 5.92 Å². The Bertz CT molecular complexity index is 181. The van der Waals surface area contributed by atoms with Crippen molar-refractivity contribution in [2.75, 3.05) is 13.1 Å². The topological polar surface area (TPSA) is 29.3 Å². The van der Waals surface area contributed by atoms with E-state index in [0.29, 0.717) is 5.92 Å². The van der Waals surface area contributed by atoms with Crippen LogP contribution in [0.5, 0.6) is 0 Å². The number of halogens is 1. The first-order chi connectivity index (χ1) is 6.16. The van der Waals surface area contributed by atoms with Crippen molar-refractivity contribution in [3.05, 3.63) is 0 Å². The van der Waals surface area contributed by atoms with E-state index in [9.17, 15) is 0 Å². The van der Waals surface area contributed by atoms with Crippen molar-refractivity contribution in [2.45, 2.75) is 39.2 Å². The van der Waals surface area contributed by atoms with Crippen LogP contribution in [0.15, 0.2) is 0 Å². The molecule has 4 heteroatoms. The molecule has 1 saturated heterocycles. The summed E-state index contributed by atoms with van der Waals surface area (Å²) < 4.78 is 0. The molecule has 0 radical (unpaired) electrons. The van der Waals surface area contributed by atoms with Gasteiger partial charge < -0.3 is 10.6 Å². The van der Waals surface area contributed by atoms with E-state index in [1.807, 2.05) is 0 Å². The zero-order valence-corrected chi connectivity index (χ0v) is 10.7. The number of hydrogen-bond acceptors (Lipinski definition) is 2. The van der Waals surface area contributed by atoms with E-state index >= 15 is 0 Å². The van der Waals surface area contributed by atoms with Crippen LogP contribution in [0.3, 0.4) is 0 Å². The predicted octanol–water partition coefficient (Wildman–Crippen LogP) is 2.20. The highest BCUT2D eigenvalue weighted by atomic mass is 35.5. The first kappa shape index (κ1) is 14.1. The van der Waals surface area contributed by atoms with Crippen LogP contribution in [0.4, 0.5) is 0 Å². The van der Waals surface area contributed by atoms with Gasteiger partial charge in [-0.25, -0.2) is 0 Å². The van der Waals surface area contributed by atoms with E-state index in [4.69, 9.17) is 18.0 Å². The fourth-order valence-corrected chi connectivity index (χ4v) is 2.06. The van der Waals surface area contributed by atoms with E-state index in [2.05, 4.69) is 18.7 Å². The highest BCUT2D eigenvalue weighted by Crippen LogP contribution is 2.14. The highest BCUT2D eigenvalue weighted by molar-refractivity contribution is 7.80. The lowest BCUT2D eigenvalue weighted by molar-refractivity contribution is 0.453. The van der Waals surface area contributed by atoms with Gasteiger partial charge >= 0.3 is 0 Å². The average Bonchev–Trinajstić information content (AvgIpc) is 2.67. The van der Waals surface area contributed by atoms with E-state index in [1.54, 1.807) is 0 Å². The summed E-state index contributed by atoms with van der Waals surface area (Å²) in [6.45, 7) is 6.57. The SMILES string of the molecule is CCC(C)C(N)C(=S)N1CCCC1.Cl. The van der Waals surface area contributed by atoms with Gasteiger partial charge in [0.15, 0.2) is 0 Å². The van der Waals surface area contributed by atoms with Crippen molar-refractivity contribution in [1.82, 2.24) is 4.90 Å². The van der Waals surface area contributed by atoms with Crippen molar-refractivity contribution >= 4 is 29.6 Å². The Labute approximate surface area is 98.6 Å². The third-order valence-corrected chi connectivity index (χ3v) is 3.49. The summed E-state index contributed by atoms with van der Waals surface area (Å²) in [7, 11) is 0. The molecule has 2 N–H and O–H groups in total. The van der Waals surface area contributed by atoms with Crippen LogP contribution in [-0.4, -0.2) is 29.0 Å². The van der Waals surface area contributed by atoms with E-state index < -0.39 is 0 Å². The summed E-state index contributed by atoms with van der Waals surface area (Å²) in [6, 6.07) is 0.0816. The second kappa shape index (κ2) is 6.59. The molecule has 0 aromatic rings. The first-order valence-corrected chi connectivity index (χ1v) is 5.62. The molecule has 84 valence electrons. The quantitative estimate of drug-likeness (QED) is 0.762. The summed E-state index contributed by atoms with van der Waals surface area (Å²) in [6.07, 6.45) is 3.65. The molecule has 1 heterocycles. The lowest BCUT2D eigenvalue weighted by Crippen LogP contribution is -2.44. The standard InChI is InChI=1S/C10H20N2S.ClH/c1-3-8(2)9(11)10(13)12-6-4-5-7-12;/h8-9H,3-7,11H2,1-2H3;1H. The van der Waals surface area contributed by atoms with E-state index in [1.165, 1.54) is 12.8 Å². The zero-order chi connectivity index (χ0) is 9.84. The second-order valence-corrected chi connectivity index (χ2v) is 4.36. The van der Waals surface area contributed by atoms with Gasteiger partial charge in [0.1, 0.15) is 0 Å². The summed E-state index contributed by atoms with van der Waals surface area (Å²) in [5.41, 5.74) is 6.07. The molecular weight excluding hydrogens is 216 g/mol. The minimum atomic E-state index is 0. The van der Waals surface area contributed by atoms with Crippen LogP contribution < -0.4 is 5.73 Å². The van der Waals surface area contributed by atoms with Crippen molar-refractivity contribution < 1.29 is 0 Å². The largest absolute Gasteiger partial charge is 0.365 e. The molecule has 14 heavy (non-hydrogen) atoms. The maximum absolute atomic E-state index is 6.07. The molecule has 0 aliphatic carbocycles. The fraction of sp³-hybridized carbons (Fsp3) is 0.900. The molecule has 2 atom stereocenters. The molecule has 1 fully saturated rings. The van der Waals surface area contributed by atoms with Gasteiger partial charge in [0, 0.05) is 13.1 Å². The Balaban J connectivity index is 0.00000169. The number of nitrogens with two attached hydrogens (primary N) is 1. The molecule has 2 nitrogen and oxygen atoms in total. The van der Waals surface area contributed by atoms with Crippen molar-refractivity contribution in [2.24, 2.45) is 11.7 Å². The number of thiocarbonyl (C=S) groups is 1. The zero-order valence-electron chi connectivity index (χ0n) is 9.03. The molecule has 1 rings (SSSR count). The Morgan fingerprint density at radius 2 is 1.93 bits per heavy atom. The van der Waals surface area contributed by atoms with Crippen LogP contribution >= 0.6 is 24.6 Å². The molecule has 0 aromatic heterocycles. The van der Waals surface area contributed by atoms with Crippen molar-refractivity contribution in [3.63, 3.8) is 0 Å².